The zero-order valence-electron chi connectivity index (χ0n) is 9.56. The van der Waals surface area contributed by atoms with Crippen LogP contribution in [-0.2, 0) is 6.54 Å². The summed E-state index contributed by atoms with van der Waals surface area (Å²) in [6.45, 7) is 6.78. The van der Waals surface area contributed by atoms with E-state index in [1.54, 1.807) is 0 Å². The molecule has 1 unspecified atom stereocenters. The summed E-state index contributed by atoms with van der Waals surface area (Å²) in [6, 6.07) is 11.3. The van der Waals surface area contributed by atoms with Crippen LogP contribution in [0.25, 0.3) is 0 Å². The number of halogens is 2. The maximum Gasteiger partial charge on any atom is 0.0234 e. The predicted octanol–water partition coefficient (Wildman–Crippen LogP) is 2.32. The molecular weight excluding hydrogens is 243 g/mol. The van der Waals surface area contributed by atoms with Crippen molar-refractivity contribution < 1.29 is 0 Å². The van der Waals surface area contributed by atoms with Crippen LogP contribution < -0.4 is 5.32 Å². The summed E-state index contributed by atoms with van der Waals surface area (Å²) in [5, 5.41) is 3.46. The minimum absolute atomic E-state index is 0. The zero-order chi connectivity index (χ0) is 9.80. The summed E-state index contributed by atoms with van der Waals surface area (Å²) in [4.78, 5) is 2.51. The first-order valence-corrected chi connectivity index (χ1v) is 5.34. The lowest BCUT2D eigenvalue weighted by molar-refractivity contribution is 0.199. The van der Waals surface area contributed by atoms with E-state index in [0.717, 1.165) is 19.6 Å². The monoisotopic (exact) mass is 262 g/mol. The molecule has 1 aliphatic heterocycles. The van der Waals surface area contributed by atoms with Crippen LogP contribution in [0.4, 0.5) is 0 Å². The van der Waals surface area contributed by atoms with E-state index in [4.69, 9.17) is 0 Å². The molecule has 0 aromatic heterocycles. The van der Waals surface area contributed by atoms with E-state index in [0.29, 0.717) is 6.04 Å². The fourth-order valence-electron chi connectivity index (χ4n) is 2.00. The van der Waals surface area contributed by atoms with Crippen molar-refractivity contribution in [2.75, 3.05) is 19.6 Å². The average molecular weight is 263 g/mol. The lowest BCUT2D eigenvalue weighted by Crippen LogP contribution is -2.48. The van der Waals surface area contributed by atoms with E-state index < -0.39 is 0 Å². The number of rotatable bonds is 2. The van der Waals surface area contributed by atoms with Gasteiger partial charge in [-0.15, -0.1) is 24.8 Å². The van der Waals surface area contributed by atoms with E-state index in [2.05, 4.69) is 47.5 Å². The zero-order valence-corrected chi connectivity index (χ0v) is 11.2. The SMILES string of the molecule is CC1CN(Cc2ccccc2)CCN1.Cl.Cl. The highest BCUT2D eigenvalue weighted by Crippen LogP contribution is 2.06. The molecule has 0 amide bonds. The van der Waals surface area contributed by atoms with Gasteiger partial charge in [0.25, 0.3) is 0 Å². The van der Waals surface area contributed by atoms with E-state index >= 15 is 0 Å². The van der Waals surface area contributed by atoms with Crippen LogP contribution in [0.5, 0.6) is 0 Å². The number of nitrogens with one attached hydrogen (secondary N) is 1. The van der Waals surface area contributed by atoms with Gasteiger partial charge in [0.2, 0.25) is 0 Å². The number of benzene rings is 1. The molecular formula is C12H20Cl2N2. The van der Waals surface area contributed by atoms with Crippen LogP contribution in [0.2, 0.25) is 0 Å². The molecule has 0 saturated carbocycles. The fraction of sp³-hybridized carbons (Fsp3) is 0.500. The molecule has 1 N–H and O–H groups in total. The molecule has 1 aliphatic rings. The van der Waals surface area contributed by atoms with Crippen LogP contribution in [0, 0.1) is 0 Å². The number of hydrogen-bond donors (Lipinski definition) is 1. The van der Waals surface area contributed by atoms with Crippen molar-refractivity contribution in [3.8, 4) is 0 Å². The minimum Gasteiger partial charge on any atom is -0.312 e. The first kappa shape index (κ1) is 15.7. The summed E-state index contributed by atoms with van der Waals surface area (Å²) < 4.78 is 0. The first-order valence-electron chi connectivity index (χ1n) is 5.34. The predicted molar refractivity (Wildman–Crippen MR) is 73.7 cm³/mol. The molecule has 1 aromatic rings. The Kier molecular flexibility index (Phi) is 7.77. The largest absolute Gasteiger partial charge is 0.312 e. The van der Waals surface area contributed by atoms with Gasteiger partial charge >= 0.3 is 0 Å². The summed E-state index contributed by atoms with van der Waals surface area (Å²) in [5.74, 6) is 0. The van der Waals surface area contributed by atoms with Crippen LogP contribution in [-0.4, -0.2) is 30.6 Å². The molecule has 1 saturated heterocycles. The topological polar surface area (TPSA) is 15.3 Å². The smallest absolute Gasteiger partial charge is 0.0234 e. The van der Waals surface area contributed by atoms with E-state index in [-0.39, 0.29) is 24.8 Å². The Hall–Kier alpha value is -0.280. The Morgan fingerprint density at radius 1 is 1.25 bits per heavy atom. The Bertz CT molecular complexity index is 280. The second-order valence-electron chi connectivity index (χ2n) is 4.08. The molecule has 4 heteroatoms. The van der Waals surface area contributed by atoms with Crippen LogP contribution in [0.3, 0.4) is 0 Å². The second-order valence-corrected chi connectivity index (χ2v) is 4.08. The molecule has 0 aliphatic carbocycles. The maximum atomic E-state index is 3.46. The van der Waals surface area contributed by atoms with Gasteiger partial charge in [-0.1, -0.05) is 30.3 Å². The molecule has 1 aromatic carbocycles. The van der Waals surface area contributed by atoms with E-state index in [9.17, 15) is 0 Å². The van der Waals surface area contributed by atoms with Gasteiger partial charge < -0.3 is 5.32 Å². The van der Waals surface area contributed by atoms with Crippen molar-refractivity contribution in [1.82, 2.24) is 10.2 Å². The lowest BCUT2D eigenvalue weighted by Gasteiger charge is -2.31. The highest BCUT2D eigenvalue weighted by molar-refractivity contribution is 5.85. The molecule has 2 nitrogen and oxygen atoms in total. The fourth-order valence-corrected chi connectivity index (χ4v) is 2.00. The molecule has 0 radical (unpaired) electrons. The summed E-state index contributed by atoms with van der Waals surface area (Å²) in [7, 11) is 0. The molecule has 0 spiro atoms. The van der Waals surface area contributed by atoms with Gasteiger partial charge in [0.1, 0.15) is 0 Å². The Morgan fingerprint density at radius 3 is 2.56 bits per heavy atom. The third-order valence-electron chi connectivity index (χ3n) is 2.70. The highest BCUT2D eigenvalue weighted by Gasteiger charge is 2.14. The quantitative estimate of drug-likeness (QED) is 0.881. The first-order chi connectivity index (χ1) is 6.84. The van der Waals surface area contributed by atoms with Crippen LogP contribution in [0.1, 0.15) is 12.5 Å². The van der Waals surface area contributed by atoms with Gasteiger partial charge in [0.05, 0.1) is 0 Å². The van der Waals surface area contributed by atoms with Gasteiger partial charge in [0.15, 0.2) is 0 Å². The number of piperazine rings is 1. The van der Waals surface area contributed by atoms with Crippen molar-refractivity contribution in [3.63, 3.8) is 0 Å². The second kappa shape index (κ2) is 7.91. The van der Waals surface area contributed by atoms with Crippen molar-refractivity contribution in [2.24, 2.45) is 0 Å². The molecule has 92 valence electrons. The van der Waals surface area contributed by atoms with Gasteiger partial charge in [-0.05, 0) is 12.5 Å². The molecule has 16 heavy (non-hydrogen) atoms. The highest BCUT2D eigenvalue weighted by atomic mass is 35.5. The summed E-state index contributed by atoms with van der Waals surface area (Å²) in [5.41, 5.74) is 1.42. The summed E-state index contributed by atoms with van der Waals surface area (Å²) >= 11 is 0. The minimum atomic E-state index is 0. The Labute approximate surface area is 110 Å². The van der Waals surface area contributed by atoms with Gasteiger partial charge in [-0.3, -0.25) is 4.90 Å². The van der Waals surface area contributed by atoms with E-state index in [1.165, 1.54) is 12.1 Å². The molecule has 1 fully saturated rings. The molecule has 0 bridgehead atoms. The summed E-state index contributed by atoms with van der Waals surface area (Å²) in [6.07, 6.45) is 0. The lowest BCUT2D eigenvalue weighted by atomic mass is 10.2. The van der Waals surface area contributed by atoms with Crippen LogP contribution in [0.15, 0.2) is 30.3 Å². The van der Waals surface area contributed by atoms with Crippen molar-refractivity contribution >= 4 is 24.8 Å². The van der Waals surface area contributed by atoms with Crippen molar-refractivity contribution in [1.29, 1.82) is 0 Å². The average Bonchev–Trinajstić information content (AvgIpc) is 2.19. The maximum absolute atomic E-state index is 3.46. The molecule has 2 rings (SSSR count). The van der Waals surface area contributed by atoms with Gasteiger partial charge in [-0.25, -0.2) is 0 Å². The van der Waals surface area contributed by atoms with Crippen molar-refractivity contribution in [3.05, 3.63) is 35.9 Å². The Morgan fingerprint density at radius 2 is 1.94 bits per heavy atom. The number of nitrogens with zero attached hydrogens (tertiary/aromatic N) is 1. The normalized spacial score (nSPS) is 20.7. The third-order valence-corrected chi connectivity index (χ3v) is 2.70. The van der Waals surface area contributed by atoms with Gasteiger partial charge in [-0.2, -0.15) is 0 Å². The third kappa shape index (κ3) is 4.71. The van der Waals surface area contributed by atoms with Crippen LogP contribution >= 0.6 is 24.8 Å². The van der Waals surface area contributed by atoms with Crippen molar-refractivity contribution in [2.45, 2.75) is 19.5 Å². The molecule has 1 atom stereocenters. The van der Waals surface area contributed by atoms with Gasteiger partial charge in [0, 0.05) is 32.2 Å². The van der Waals surface area contributed by atoms with E-state index in [1.807, 2.05) is 0 Å². The number of hydrogen-bond acceptors (Lipinski definition) is 2. The Balaban J connectivity index is 0.00000112. The standard InChI is InChI=1S/C12H18N2.2ClH/c1-11-9-14(8-7-13-11)10-12-5-3-2-4-6-12;;/h2-6,11,13H,7-10H2,1H3;2*1H. The molecule has 1 heterocycles.